The summed E-state index contributed by atoms with van der Waals surface area (Å²) in [5.74, 6) is 0. The van der Waals surface area contributed by atoms with E-state index in [1.165, 1.54) is 24.3 Å². The van der Waals surface area contributed by atoms with E-state index in [-0.39, 0.29) is 5.56 Å². The normalized spacial score (nSPS) is 13.0. The summed E-state index contributed by atoms with van der Waals surface area (Å²) in [6.45, 7) is 0. The number of carbonyl (C=O) groups excluding carboxylic acids is 1. The molecule has 1 aromatic carbocycles. The first-order valence-electron chi connectivity index (χ1n) is 4.41. The number of hydrogen-bond donors (Lipinski definition) is 1. The van der Waals surface area contributed by atoms with Crippen LogP contribution in [0, 0.1) is 0 Å². The molecule has 0 aliphatic rings. The number of rotatable bonds is 2. The zero-order valence-corrected chi connectivity index (χ0v) is 8.41. The summed E-state index contributed by atoms with van der Waals surface area (Å²) < 4.78 is 42.0. The highest BCUT2D eigenvalue weighted by Crippen LogP contribution is 2.32. The molecule has 1 atom stereocenters. The second-order valence-electron chi connectivity index (χ2n) is 3.02. The van der Waals surface area contributed by atoms with Gasteiger partial charge in [0.05, 0.1) is 7.11 Å². The first kappa shape index (κ1) is 12.4. The molecule has 0 aliphatic heterocycles. The smallest absolute Gasteiger partial charge is 0.412 e. The van der Waals surface area contributed by atoms with E-state index in [1.807, 2.05) is 0 Å². The molecule has 88 valence electrons. The fraction of sp³-hybridized carbons (Fsp3) is 0.300. The lowest BCUT2D eigenvalue weighted by atomic mass is 10.1. The van der Waals surface area contributed by atoms with Crippen LogP contribution in [-0.4, -0.2) is 19.4 Å². The van der Waals surface area contributed by atoms with Crippen LogP contribution in [0.4, 0.5) is 18.0 Å². The Morgan fingerprint density at radius 2 is 1.88 bits per heavy atom. The van der Waals surface area contributed by atoms with Crippen LogP contribution in [0.15, 0.2) is 30.3 Å². The van der Waals surface area contributed by atoms with Gasteiger partial charge in [-0.15, -0.1) is 0 Å². The zero-order chi connectivity index (χ0) is 12.2. The monoisotopic (exact) mass is 233 g/mol. The number of benzene rings is 1. The summed E-state index contributed by atoms with van der Waals surface area (Å²) in [6.07, 6.45) is -5.68. The predicted molar refractivity (Wildman–Crippen MR) is 50.8 cm³/mol. The van der Waals surface area contributed by atoms with E-state index in [4.69, 9.17) is 0 Å². The Labute approximate surface area is 90.2 Å². The van der Waals surface area contributed by atoms with Gasteiger partial charge in [-0.05, 0) is 5.56 Å². The lowest BCUT2D eigenvalue weighted by Crippen LogP contribution is -2.37. The van der Waals surface area contributed by atoms with Crippen LogP contribution in [0.1, 0.15) is 11.6 Å². The SMILES string of the molecule is COC(=O)N[C@@H](c1ccccc1)C(F)(F)F. The van der Waals surface area contributed by atoms with Crippen LogP contribution in [-0.2, 0) is 4.74 Å². The molecule has 0 bridgehead atoms. The summed E-state index contributed by atoms with van der Waals surface area (Å²) in [5.41, 5.74) is -0.0413. The van der Waals surface area contributed by atoms with Crippen molar-refractivity contribution in [3.05, 3.63) is 35.9 Å². The van der Waals surface area contributed by atoms with Gasteiger partial charge in [0.2, 0.25) is 0 Å². The lowest BCUT2D eigenvalue weighted by molar-refractivity contribution is -0.156. The Morgan fingerprint density at radius 1 is 1.31 bits per heavy atom. The van der Waals surface area contributed by atoms with Crippen LogP contribution in [0.2, 0.25) is 0 Å². The fourth-order valence-electron chi connectivity index (χ4n) is 1.18. The standard InChI is InChI=1S/C10H10F3NO2/c1-16-9(15)14-8(10(11,12)13)7-5-3-2-4-6-7/h2-6,8H,1H3,(H,14,15)/t8-/m0/s1. The largest absolute Gasteiger partial charge is 0.453 e. The molecule has 0 saturated carbocycles. The second kappa shape index (κ2) is 4.87. The number of alkyl halides is 3. The van der Waals surface area contributed by atoms with Gasteiger partial charge in [0.1, 0.15) is 0 Å². The van der Waals surface area contributed by atoms with Crippen LogP contribution in [0.25, 0.3) is 0 Å². The summed E-state index contributed by atoms with van der Waals surface area (Å²) >= 11 is 0. The van der Waals surface area contributed by atoms with Gasteiger partial charge in [0.25, 0.3) is 0 Å². The van der Waals surface area contributed by atoms with Crippen LogP contribution in [0.5, 0.6) is 0 Å². The van der Waals surface area contributed by atoms with Crippen molar-refractivity contribution >= 4 is 6.09 Å². The van der Waals surface area contributed by atoms with Gasteiger partial charge in [-0.2, -0.15) is 13.2 Å². The molecule has 1 amide bonds. The maximum absolute atomic E-state index is 12.6. The van der Waals surface area contributed by atoms with Gasteiger partial charge in [-0.3, -0.25) is 0 Å². The Kier molecular flexibility index (Phi) is 3.76. The molecule has 1 N–H and O–H groups in total. The topological polar surface area (TPSA) is 38.3 Å². The van der Waals surface area contributed by atoms with Gasteiger partial charge in [-0.1, -0.05) is 30.3 Å². The molecule has 0 unspecified atom stereocenters. The van der Waals surface area contributed by atoms with Crippen molar-refractivity contribution in [3.8, 4) is 0 Å². The Balaban J connectivity index is 2.93. The van der Waals surface area contributed by atoms with Crippen molar-refractivity contribution in [2.45, 2.75) is 12.2 Å². The molecule has 3 nitrogen and oxygen atoms in total. The van der Waals surface area contributed by atoms with E-state index in [0.29, 0.717) is 0 Å². The van der Waals surface area contributed by atoms with E-state index in [9.17, 15) is 18.0 Å². The second-order valence-corrected chi connectivity index (χ2v) is 3.02. The van der Waals surface area contributed by atoms with Crippen molar-refractivity contribution in [3.63, 3.8) is 0 Å². The molecule has 1 rings (SSSR count). The Hall–Kier alpha value is -1.72. The van der Waals surface area contributed by atoms with Gasteiger partial charge >= 0.3 is 12.3 Å². The van der Waals surface area contributed by atoms with Gasteiger partial charge in [-0.25, -0.2) is 4.79 Å². The highest BCUT2D eigenvalue weighted by atomic mass is 19.4. The summed E-state index contributed by atoms with van der Waals surface area (Å²) in [4.78, 5) is 10.8. The van der Waals surface area contributed by atoms with Crippen LogP contribution < -0.4 is 5.32 Å². The zero-order valence-electron chi connectivity index (χ0n) is 8.41. The Bertz CT molecular complexity index is 351. The molecule has 0 heterocycles. The predicted octanol–water partition coefficient (Wildman–Crippen LogP) is 2.65. The number of alkyl carbamates (subject to hydrolysis) is 1. The fourth-order valence-corrected chi connectivity index (χ4v) is 1.18. The minimum atomic E-state index is -4.56. The average molecular weight is 233 g/mol. The van der Waals surface area contributed by atoms with Crippen molar-refractivity contribution in [2.75, 3.05) is 7.11 Å². The van der Waals surface area contributed by atoms with Crippen molar-refractivity contribution in [2.24, 2.45) is 0 Å². The number of halogens is 3. The van der Waals surface area contributed by atoms with Crippen LogP contribution >= 0.6 is 0 Å². The molecular formula is C10H10F3NO2. The average Bonchev–Trinajstić information content (AvgIpc) is 2.25. The number of ether oxygens (including phenoxy) is 1. The third kappa shape index (κ3) is 3.15. The number of methoxy groups -OCH3 is 1. The van der Waals surface area contributed by atoms with E-state index < -0.39 is 18.3 Å². The highest BCUT2D eigenvalue weighted by molar-refractivity contribution is 5.67. The summed E-state index contributed by atoms with van der Waals surface area (Å²) in [6, 6.07) is 5.04. The minimum Gasteiger partial charge on any atom is -0.453 e. The van der Waals surface area contributed by atoms with E-state index in [0.717, 1.165) is 7.11 Å². The van der Waals surface area contributed by atoms with E-state index in [2.05, 4.69) is 4.74 Å². The molecule has 0 fully saturated rings. The van der Waals surface area contributed by atoms with E-state index in [1.54, 1.807) is 11.4 Å². The third-order valence-electron chi connectivity index (χ3n) is 1.91. The van der Waals surface area contributed by atoms with Crippen molar-refractivity contribution in [1.29, 1.82) is 0 Å². The molecular weight excluding hydrogens is 223 g/mol. The number of carbonyl (C=O) groups is 1. The number of nitrogens with one attached hydrogen (secondary N) is 1. The first-order chi connectivity index (χ1) is 7.45. The third-order valence-corrected chi connectivity index (χ3v) is 1.91. The Morgan fingerprint density at radius 3 is 2.31 bits per heavy atom. The van der Waals surface area contributed by atoms with Gasteiger partial charge in [0.15, 0.2) is 6.04 Å². The first-order valence-corrected chi connectivity index (χ1v) is 4.41. The molecule has 6 heteroatoms. The lowest BCUT2D eigenvalue weighted by Gasteiger charge is -2.21. The van der Waals surface area contributed by atoms with Gasteiger partial charge < -0.3 is 10.1 Å². The molecule has 0 spiro atoms. The van der Waals surface area contributed by atoms with Crippen molar-refractivity contribution in [1.82, 2.24) is 5.32 Å². The summed E-state index contributed by atoms with van der Waals surface area (Å²) in [5, 5.41) is 1.74. The van der Waals surface area contributed by atoms with E-state index >= 15 is 0 Å². The quantitative estimate of drug-likeness (QED) is 0.852. The molecule has 0 saturated heterocycles. The molecule has 1 aromatic rings. The maximum atomic E-state index is 12.6. The molecule has 0 aliphatic carbocycles. The summed E-state index contributed by atoms with van der Waals surface area (Å²) in [7, 11) is 1.01. The molecule has 0 aromatic heterocycles. The van der Waals surface area contributed by atoms with Crippen molar-refractivity contribution < 1.29 is 22.7 Å². The molecule has 16 heavy (non-hydrogen) atoms. The highest BCUT2D eigenvalue weighted by Gasteiger charge is 2.42. The van der Waals surface area contributed by atoms with Gasteiger partial charge in [0, 0.05) is 0 Å². The maximum Gasteiger partial charge on any atom is 0.412 e. The number of amides is 1. The minimum absolute atomic E-state index is 0.0413. The van der Waals surface area contributed by atoms with Crippen LogP contribution in [0.3, 0.4) is 0 Å². The molecule has 0 radical (unpaired) electrons. The number of hydrogen-bond acceptors (Lipinski definition) is 2.